The lowest BCUT2D eigenvalue weighted by Crippen LogP contribution is -2.35. The summed E-state index contributed by atoms with van der Waals surface area (Å²) in [5, 5.41) is 0.611. The van der Waals surface area contributed by atoms with Gasteiger partial charge in [0.25, 0.3) is 0 Å². The highest BCUT2D eigenvalue weighted by Gasteiger charge is 2.40. The van der Waals surface area contributed by atoms with Crippen LogP contribution in [0.1, 0.15) is 6.42 Å². The number of fused-ring (bicyclic) bond motifs is 2. The fourth-order valence-electron chi connectivity index (χ4n) is 5.33. The molecule has 174 valence electrons. The molecule has 0 spiro atoms. The molecule has 2 N–H and O–H groups in total. The average molecular weight is 461 g/mol. The predicted octanol–water partition coefficient (Wildman–Crippen LogP) is 3.50. The van der Waals surface area contributed by atoms with Crippen molar-refractivity contribution in [2.75, 3.05) is 30.8 Å². The Balaban J connectivity index is 1.31. The lowest BCUT2D eigenvalue weighted by molar-refractivity contribution is 0.154. The lowest BCUT2D eigenvalue weighted by Gasteiger charge is -2.26. The Labute approximate surface area is 196 Å². The van der Waals surface area contributed by atoms with Crippen LogP contribution >= 0.6 is 0 Å². The first-order valence-electron chi connectivity index (χ1n) is 11.3. The van der Waals surface area contributed by atoms with E-state index in [0.29, 0.717) is 40.2 Å². The van der Waals surface area contributed by atoms with Crippen LogP contribution in [-0.2, 0) is 11.8 Å². The van der Waals surface area contributed by atoms with E-state index in [-0.39, 0.29) is 24.1 Å². The van der Waals surface area contributed by atoms with Gasteiger partial charge in [-0.25, -0.2) is 19.2 Å². The molecule has 2 amide bonds. The van der Waals surface area contributed by atoms with Crippen molar-refractivity contribution in [2.45, 2.75) is 18.6 Å². The van der Waals surface area contributed by atoms with E-state index >= 15 is 4.39 Å². The standard InChI is InChI=1S/C25H25FN6O2/c1-30-11-18(22-23(27)28-13-29-24(22)30)17-5-4-16(10-19(17)26)32-12-20(31(2)25(32)33)14-3-6-21-15(9-14)7-8-34-21/h3-6,9-11,13-14,20-21H,7-8,12H2,1-2H3,(H2,27,28,29). The van der Waals surface area contributed by atoms with Crippen molar-refractivity contribution in [2.24, 2.45) is 13.0 Å². The second-order valence-electron chi connectivity index (χ2n) is 9.09. The van der Waals surface area contributed by atoms with Gasteiger partial charge >= 0.3 is 6.03 Å². The minimum absolute atomic E-state index is 0.0319. The van der Waals surface area contributed by atoms with Crippen LogP contribution < -0.4 is 10.6 Å². The first kappa shape index (κ1) is 20.9. The molecule has 2 aliphatic heterocycles. The van der Waals surface area contributed by atoms with Gasteiger partial charge in [0.05, 0.1) is 24.1 Å². The number of ether oxygens (including phenoxy) is 1. The number of amides is 2. The summed E-state index contributed by atoms with van der Waals surface area (Å²) in [7, 11) is 3.64. The summed E-state index contributed by atoms with van der Waals surface area (Å²) in [6.07, 6.45) is 10.6. The molecular formula is C25H25FN6O2. The first-order chi connectivity index (χ1) is 16.4. The molecule has 1 aliphatic carbocycles. The minimum atomic E-state index is -0.433. The normalized spacial score (nSPS) is 24.3. The van der Waals surface area contributed by atoms with Gasteiger partial charge in [0.2, 0.25) is 0 Å². The van der Waals surface area contributed by atoms with Crippen LogP contribution in [0.5, 0.6) is 0 Å². The number of aryl methyl sites for hydroxylation is 1. The lowest BCUT2D eigenvalue weighted by atomic mass is 9.89. The van der Waals surface area contributed by atoms with Gasteiger partial charge in [0.15, 0.2) is 0 Å². The topological polar surface area (TPSA) is 89.5 Å². The molecule has 2 saturated heterocycles. The van der Waals surface area contributed by atoms with Crippen LogP contribution in [0.4, 0.5) is 20.7 Å². The van der Waals surface area contributed by atoms with Gasteiger partial charge in [-0.2, -0.15) is 0 Å². The van der Waals surface area contributed by atoms with E-state index in [1.165, 1.54) is 18.0 Å². The van der Waals surface area contributed by atoms with Gasteiger partial charge in [-0.1, -0.05) is 18.2 Å². The highest BCUT2D eigenvalue weighted by atomic mass is 19.1. The zero-order chi connectivity index (χ0) is 23.6. The van der Waals surface area contributed by atoms with Gasteiger partial charge in [0, 0.05) is 49.6 Å². The molecule has 0 radical (unpaired) electrons. The second-order valence-corrected chi connectivity index (χ2v) is 9.09. The summed E-state index contributed by atoms with van der Waals surface area (Å²) < 4.78 is 22.9. The fraction of sp³-hybridized carbons (Fsp3) is 0.320. The maximum Gasteiger partial charge on any atom is 0.324 e. The molecule has 9 heteroatoms. The molecule has 1 aromatic carbocycles. The summed E-state index contributed by atoms with van der Waals surface area (Å²) in [6.45, 7) is 1.21. The van der Waals surface area contributed by atoms with E-state index in [1.807, 2.05) is 7.05 Å². The van der Waals surface area contributed by atoms with Crippen molar-refractivity contribution in [1.29, 1.82) is 0 Å². The molecule has 3 atom stereocenters. The van der Waals surface area contributed by atoms with Gasteiger partial charge in [-0.05, 0) is 30.2 Å². The Morgan fingerprint density at radius 1 is 1.18 bits per heavy atom. The summed E-state index contributed by atoms with van der Waals surface area (Å²) in [5.41, 5.74) is 9.52. The van der Waals surface area contributed by atoms with Gasteiger partial charge in [0.1, 0.15) is 23.6 Å². The number of halogens is 1. The number of carbonyl (C=O) groups excluding carboxylic acids is 1. The third-order valence-corrected chi connectivity index (χ3v) is 7.15. The predicted molar refractivity (Wildman–Crippen MR) is 128 cm³/mol. The fourth-order valence-corrected chi connectivity index (χ4v) is 5.33. The molecule has 2 fully saturated rings. The Morgan fingerprint density at radius 3 is 2.85 bits per heavy atom. The summed E-state index contributed by atoms with van der Waals surface area (Å²) >= 11 is 0. The van der Waals surface area contributed by atoms with E-state index in [9.17, 15) is 4.79 Å². The van der Waals surface area contributed by atoms with Crippen LogP contribution in [0.15, 0.2) is 54.5 Å². The second kappa shape index (κ2) is 7.66. The maximum absolute atomic E-state index is 15.4. The van der Waals surface area contributed by atoms with Crippen molar-refractivity contribution >= 4 is 28.6 Å². The summed E-state index contributed by atoms with van der Waals surface area (Å²) in [5.74, 6) is -0.0275. The van der Waals surface area contributed by atoms with Gasteiger partial charge in [-0.3, -0.25) is 4.90 Å². The maximum atomic E-state index is 15.4. The monoisotopic (exact) mass is 460 g/mol. The number of carbonyl (C=O) groups is 1. The molecule has 0 saturated carbocycles. The number of benzene rings is 1. The van der Waals surface area contributed by atoms with Crippen LogP contribution in [0, 0.1) is 11.7 Å². The Hall–Kier alpha value is -3.72. The Bertz CT molecular complexity index is 1380. The minimum Gasteiger partial charge on any atom is -0.383 e. The van der Waals surface area contributed by atoms with E-state index in [0.717, 1.165) is 13.0 Å². The Kier molecular flexibility index (Phi) is 4.70. The zero-order valence-electron chi connectivity index (χ0n) is 19.0. The third-order valence-electron chi connectivity index (χ3n) is 7.15. The largest absolute Gasteiger partial charge is 0.383 e. The first-order valence-corrected chi connectivity index (χ1v) is 11.3. The van der Waals surface area contributed by atoms with Crippen LogP contribution in [0.25, 0.3) is 22.2 Å². The van der Waals surface area contributed by atoms with Crippen molar-refractivity contribution in [3.05, 3.63) is 60.3 Å². The van der Waals surface area contributed by atoms with Crippen molar-refractivity contribution in [3.8, 4) is 11.1 Å². The number of nitrogens with zero attached hydrogens (tertiary/aromatic N) is 5. The number of nitrogen functional groups attached to an aromatic ring is 1. The number of nitrogens with two attached hydrogens (primary N) is 1. The molecule has 2 aromatic heterocycles. The molecule has 3 aromatic rings. The summed E-state index contributed by atoms with van der Waals surface area (Å²) in [4.78, 5) is 24.8. The Morgan fingerprint density at radius 2 is 2.03 bits per heavy atom. The number of aromatic nitrogens is 3. The smallest absolute Gasteiger partial charge is 0.324 e. The van der Waals surface area contributed by atoms with E-state index in [4.69, 9.17) is 10.5 Å². The van der Waals surface area contributed by atoms with Gasteiger partial charge < -0.3 is 19.9 Å². The number of anilines is 2. The SMILES string of the molecule is CN1C(=O)N(c2ccc(-c3cn(C)c4ncnc(N)c34)c(F)c2)CC1C1C=CC2OCCC2=C1. The van der Waals surface area contributed by atoms with E-state index in [2.05, 4.69) is 28.2 Å². The molecule has 4 heterocycles. The van der Waals surface area contributed by atoms with Crippen molar-refractivity contribution in [1.82, 2.24) is 19.4 Å². The molecule has 3 aliphatic rings. The van der Waals surface area contributed by atoms with E-state index in [1.54, 1.807) is 39.7 Å². The number of urea groups is 1. The molecule has 8 nitrogen and oxygen atoms in total. The van der Waals surface area contributed by atoms with Crippen LogP contribution in [-0.4, -0.2) is 57.8 Å². The number of hydrogen-bond donors (Lipinski definition) is 1. The van der Waals surface area contributed by atoms with Gasteiger partial charge in [-0.15, -0.1) is 0 Å². The molecule has 34 heavy (non-hydrogen) atoms. The average Bonchev–Trinajstić information content (AvgIpc) is 3.51. The molecular weight excluding hydrogens is 435 g/mol. The zero-order valence-corrected chi connectivity index (χ0v) is 19.0. The van der Waals surface area contributed by atoms with Crippen molar-refractivity contribution in [3.63, 3.8) is 0 Å². The number of rotatable bonds is 3. The van der Waals surface area contributed by atoms with Crippen molar-refractivity contribution < 1.29 is 13.9 Å². The quantitative estimate of drug-likeness (QED) is 0.605. The van der Waals surface area contributed by atoms with E-state index < -0.39 is 5.82 Å². The number of hydrogen-bond acceptors (Lipinski definition) is 5. The number of likely N-dealkylation sites (N-methyl/N-ethyl adjacent to an activating group) is 1. The van der Waals surface area contributed by atoms with Crippen LogP contribution in [0.2, 0.25) is 0 Å². The molecule has 0 bridgehead atoms. The third kappa shape index (κ3) is 3.11. The summed E-state index contributed by atoms with van der Waals surface area (Å²) in [6, 6.07) is 4.71. The highest BCUT2D eigenvalue weighted by molar-refractivity contribution is 6.01. The molecule has 6 rings (SSSR count). The highest BCUT2D eigenvalue weighted by Crippen LogP contribution is 2.37. The van der Waals surface area contributed by atoms with Crippen LogP contribution in [0.3, 0.4) is 0 Å². The molecule has 3 unspecified atom stereocenters.